The molecule has 0 spiro atoms. The molecule has 1 fully saturated rings. The highest BCUT2D eigenvalue weighted by Gasteiger charge is 2.37. The molecule has 17 heavy (non-hydrogen) atoms. The Labute approximate surface area is 106 Å². The lowest BCUT2D eigenvalue weighted by Gasteiger charge is -2.37. The molecule has 1 heterocycles. The van der Waals surface area contributed by atoms with Crippen molar-refractivity contribution in [1.29, 1.82) is 0 Å². The van der Waals surface area contributed by atoms with E-state index in [4.69, 9.17) is 13.6 Å². The minimum atomic E-state index is -1.66. The van der Waals surface area contributed by atoms with Crippen molar-refractivity contribution < 1.29 is 18.4 Å². The van der Waals surface area contributed by atoms with Crippen molar-refractivity contribution in [2.45, 2.75) is 57.9 Å². The van der Waals surface area contributed by atoms with E-state index in [1.807, 2.05) is 0 Å². The van der Waals surface area contributed by atoms with Gasteiger partial charge in [0.05, 0.1) is 12.5 Å². The lowest BCUT2D eigenvalue weighted by molar-refractivity contribution is -0.160. The molecule has 0 N–H and O–H groups in total. The SMILES string of the molecule is C[Si](C)(C)O[C@@H]1COC(=O)C[C@H]1O[Si](C)(C)C. The van der Waals surface area contributed by atoms with Crippen LogP contribution in [0.1, 0.15) is 6.42 Å². The van der Waals surface area contributed by atoms with Gasteiger partial charge in [-0.15, -0.1) is 0 Å². The molecule has 0 aliphatic carbocycles. The molecule has 6 heteroatoms. The molecule has 0 amide bonds. The summed E-state index contributed by atoms with van der Waals surface area (Å²) in [6, 6.07) is 0. The van der Waals surface area contributed by atoms with Gasteiger partial charge in [0.2, 0.25) is 0 Å². The van der Waals surface area contributed by atoms with E-state index < -0.39 is 16.6 Å². The van der Waals surface area contributed by atoms with Crippen molar-refractivity contribution in [2.75, 3.05) is 6.61 Å². The minimum absolute atomic E-state index is 0.0916. The Morgan fingerprint density at radius 1 is 1.00 bits per heavy atom. The fourth-order valence-corrected chi connectivity index (χ4v) is 4.04. The summed E-state index contributed by atoms with van der Waals surface area (Å²) >= 11 is 0. The Morgan fingerprint density at radius 3 is 1.94 bits per heavy atom. The number of esters is 1. The van der Waals surface area contributed by atoms with Crippen molar-refractivity contribution in [3.63, 3.8) is 0 Å². The van der Waals surface area contributed by atoms with Gasteiger partial charge in [-0.3, -0.25) is 4.79 Å². The van der Waals surface area contributed by atoms with Gasteiger partial charge in [-0.25, -0.2) is 0 Å². The number of cyclic esters (lactones) is 1. The van der Waals surface area contributed by atoms with Crippen molar-refractivity contribution >= 4 is 22.6 Å². The lowest BCUT2D eigenvalue weighted by atomic mass is 10.1. The van der Waals surface area contributed by atoms with E-state index in [2.05, 4.69) is 39.3 Å². The smallest absolute Gasteiger partial charge is 0.308 e. The molecular formula is C11H24O4Si2. The summed E-state index contributed by atoms with van der Waals surface area (Å²) in [7, 11) is -3.30. The van der Waals surface area contributed by atoms with E-state index in [-0.39, 0.29) is 18.2 Å². The largest absolute Gasteiger partial charge is 0.463 e. The normalized spacial score (nSPS) is 26.8. The summed E-state index contributed by atoms with van der Waals surface area (Å²) in [5.74, 6) is -0.177. The molecule has 4 nitrogen and oxygen atoms in total. The Balaban J connectivity index is 2.68. The monoisotopic (exact) mass is 276 g/mol. The molecule has 1 aliphatic rings. The van der Waals surface area contributed by atoms with Gasteiger partial charge >= 0.3 is 5.97 Å². The maximum atomic E-state index is 11.3. The Morgan fingerprint density at radius 2 is 1.47 bits per heavy atom. The predicted molar refractivity (Wildman–Crippen MR) is 72.0 cm³/mol. The summed E-state index contributed by atoms with van der Waals surface area (Å²) in [6.45, 7) is 13.1. The zero-order valence-electron chi connectivity index (χ0n) is 11.7. The highest BCUT2D eigenvalue weighted by molar-refractivity contribution is 6.70. The molecule has 1 saturated heterocycles. The quantitative estimate of drug-likeness (QED) is 0.584. The van der Waals surface area contributed by atoms with Crippen molar-refractivity contribution in [3.05, 3.63) is 0 Å². The summed E-state index contributed by atoms with van der Waals surface area (Å²) < 4.78 is 17.2. The van der Waals surface area contributed by atoms with Gasteiger partial charge < -0.3 is 13.6 Å². The van der Waals surface area contributed by atoms with E-state index in [1.54, 1.807) is 0 Å². The fourth-order valence-electron chi connectivity index (χ4n) is 1.77. The molecule has 2 atom stereocenters. The zero-order valence-corrected chi connectivity index (χ0v) is 13.7. The highest BCUT2D eigenvalue weighted by atomic mass is 28.4. The topological polar surface area (TPSA) is 44.8 Å². The number of rotatable bonds is 4. The Hall–Kier alpha value is -0.176. The Kier molecular flexibility index (Phi) is 4.56. The van der Waals surface area contributed by atoms with Crippen LogP contribution in [0, 0.1) is 0 Å². The molecule has 0 bridgehead atoms. The number of hydrogen-bond donors (Lipinski definition) is 0. The van der Waals surface area contributed by atoms with Crippen LogP contribution in [0.25, 0.3) is 0 Å². The number of carbonyl (C=O) groups excluding carboxylic acids is 1. The van der Waals surface area contributed by atoms with E-state index in [0.717, 1.165) is 0 Å². The molecule has 1 aliphatic heterocycles. The fraction of sp³-hybridized carbons (Fsp3) is 0.909. The van der Waals surface area contributed by atoms with E-state index in [9.17, 15) is 4.79 Å². The molecule has 0 aromatic rings. The predicted octanol–water partition coefficient (Wildman–Crippen LogP) is 2.37. The third-order valence-electron chi connectivity index (χ3n) is 2.20. The summed E-state index contributed by atoms with van der Waals surface area (Å²) in [4.78, 5) is 11.3. The lowest BCUT2D eigenvalue weighted by Crippen LogP contribution is -2.50. The number of carbonyl (C=O) groups is 1. The average molecular weight is 276 g/mol. The van der Waals surface area contributed by atoms with Crippen LogP contribution in [-0.4, -0.2) is 41.4 Å². The van der Waals surface area contributed by atoms with Crippen LogP contribution < -0.4 is 0 Å². The molecule has 0 radical (unpaired) electrons. The van der Waals surface area contributed by atoms with Gasteiger partial charge in [-0.2, -0.15) is 0 Å². The second-order valence-electron chi connectivity index (χ2n) is 6.42. The van der Waals surface area contributed by atoms with Gasteiger partial charge in [0, 0.05) is 0 Å². The van der Waals surface area contributed by atoms with Crippen LogP contribution in [0.4, 0.5) is 0 Å². The van der Waals surface area contributed by atoms with Crippen molar-refractivity contribution in [2.24, 2.45) is 0 Å². The molecule has 0 aromatic carbocycles. The first-order valence-corrected chi connectivity index (χ1v) is 12.9. The van der Waals surface area contributed by atoms with Crippen LogP contribution in [0.15, 0.2) is 0 Å². The van der Waals surface area contributed by atoms with Crippen LogP contribution in [0.5, 0.6) is 0 Å². The van der Waals surface area contributed by atoms with Gasteiger partial charge in [0.25, 0.3) is 0 Å². The molecule has 0 saturated carbocycles. The standard InChI is InChI=1S/C11H24O4Si2/c1-16(2,3)14-9-7-11(12)13-8-10(9)15-17(4,5)6/h9-10H,7-8H2,1-6H3/t9-,10-/m1/s1. The van der Waals surface area contributed by atoms with Crippen LogP contribution >= 0.6 is 0 Å². The minimum Gasteiger partial charge on any atom is -0.463 e. The van der Waals surface area contributed by atoms with E-state index >= 15 is 0 Å². The first kappa shape index (κ1) is 14.9. The summed E-state index contributed by atoms with van der Waals surface area (Å²) in [5, 5.41) is 0. The summed E-state index contributed by atoms with van der Waals surface area (Å²) in [5.41, 5.74) is 0. The van der Waals surface area contributed by atoms with Crippen LogP contribution in [0.2, 0.25) is 39.3 Å². The first-order chi connectivity index (χ1) is 7.57. The van der Waals surface area contributed by atoms with Gasteiger partial charge in [-0.1, -0.05) is 0 Å². The third kappa shape index (κ3) is 5.80. The Bertz CT molecular complexity index is 280. The van der Waals surface area contributed by atoms with Gasteiger partial charge in [-0.05, 0) is 39.3 Å². The molecular weight excluding hydrogens is 252 g/mol. The molecule has 0 unspecified atom stereocenters. The average Bonchev–Trinajstić information content (AvgIpc) is 2.05. The second kappa shape index (κ2) is 5.21. The second-order valence-corrected chi connectivity index (χ2v) is 15.3. The van der Waals surface area contributed by atoms with Gasteiger partial charge in [0.15, 0.2) is 16.6 Å². The van der Waals surface area contributed by atoms with Crippen LogP contribution in [0.3, 0.4) is 0 Å². The molecule has 1 rings (SSSR count). The first-order valence-electron chi connectivity index (χ1n) is 6.08. The highest BCUT2D eigenvalue weighted by Crippen LogP contribution is 2.23. The van der Waals surface area contributed by atoms with Crippen LogP contribution in [-0.2, 0) is 18.4 Å². The van der Waals surface area contributed by atoms with E-state index in [0.29, 0.717) is 13.0 Å². The summed E-state index contributed by atoms with van der Waals surface area (Å²) in [6.07, 6.45) is 0.0973. The zero-order chi connectivity index (χ0) is 13.3. The van der Waals surface area contributed by atoms with E-state index in [1.165, 1.54) is 0 Å². The van der Waals surface area contributed by atoms with Gasteiger partial charge in [0.1, 0.15) is 12.7 Å². The number of hydrogen-bond acceptors (Lipinski definition) is 4. The third-order valence-corrected chi connectivity index (χ3v) is 4.22. The van der Waals surface area contributed by atoms with Crippen molar-refractivity contribution in [3.8, 4) is 0 Å². The maximum Gasteiger partial charge on any atom is 0.308 e. The van der Waals surface area contributed by atoms with Crippen molar-refractivity contribution in [1.82, 2.24) is 0 Å². The number of ether oxygens (including phenoxy) is 1. The molecule has 100 valence electrons. The maximum absolute atomic E-state index is 11.3. The molecule has 0 aromatic heterocycles.